The van der Waals surface area contributed by atoms with E-state index in [1.165, 1.54) is 0 Å². The minimum absolute atomic E-state index is 0.148. The highest BCUT2D eigenvalue weighted by Crippen LogP contribution is 2.18. The zero-order valence-corrected chi connectivity index (χ0v) is 11.6. The molecule has 7 heteroatoms. The Labute approximate surface area is 121 Å². The summed E-state index contributed by atoms with van der Waals surface area (Å²) in [5, 5.41) is 18.6. The van der Waals surface area contributed by atoms with Crippen molar-refractivity contribution in [1.82, 2.24) is 4.90 Å². The molecule has 4 nitrogen and oxygen atoms in total. The average molecular weight is 302 g/mol. The van der Waals surface area contributed by atoms with E-state index in [1.807, 2.05) is 6.07 Å². The molecule has 0 bridgehead atoms. The highest BCUT2D eigenvalue weighted by molar-refractivity contribution is 5.42. The Morgan fingerprint density at radius 1 is 1.38 bits per heavy atom. The van der Waals surface area contributed by atoms with Gasteiger partial charge in [0.15, 0.2) is 0 Å². The van der Waals surface area contributed by atoms with E-state index in [0.717, 1.165) is 4.90 Å². The molecule has 1 atom stereocenters. The van der Waals surface area contributed by atoms with E-state index >= 15 is 0 Å². The molecular formula is C14H17F3N2O2. The summed E-state index contributed by atoms with van der Waals surface area (Å²) < 4.78 is 42.2. The predicted molar refractivity (Wildman–Crippen MR) is 70.8 cm³/mol. The molecule has 1 unspecified atom stereocenters. The number of aliphatic hydroxyl groups excluding tert-OH is 1. The Morgan fingerprint density at radius 3 is 2.62 bits per heavy atom. The summed E-state index contributed by atoms with van der Waals surface area (Å²) in [5.74, 6) is 0.304. The third-order valence-electron chi connectivity index (χ3n) is 2.76. The Hall–Kier alpha value is -1.78. The van der Waals surface area contributed by atoms with Gasteiger partial charge in [0.1, 0.15) is 24.5 Å². The third-order valence-corrected chi connectivity index (χ3v) is 2.76. The SMILES string of the molecule is CCN(CC(O)COc1ccccc1C#N)CC(F)(F)F. The van der Waals surface area contributed by atoms with Crippen LogP contribution in [0.2, 0.25) is 0 Å². The van der Waals surface area contributed by atoms with Gasteiger partial charge in [0, 0.05) is 6.54 Å². The minimum atomic E-state index is -4.30. The van der Waals surface area contributed by atoms with Crippen molar-refractivity contribution in [3.05, 3.63) is 29.8 Å². The number of halogens is 3. The molecule has 0 heterocycles. The molecule has 116 valence electrons. The first-order valence-electron chi connectivity index (χ1n) is 6.44. The molecule has 0 aliphatic heterocycles. The Balaban J connectivity index is 2.50. The molecule has 0 saturated heterocycles. The number of hydrogen-bond donors (Lipinski definition) is 1. The van der Waals surface area contributed by atoms with Crippen LogP contribution in [0.1, 0.15) is 12.5 Å². The first kappa shape index (κ1) is 17.3. The van der Waals surface area contributed by atoms with Crippen LogP contribution in [-0.2, 0) is 0 Å². The van der Waals surface area contributed by atoms with Crippen molar-refractivity contribution in [1.29, 1.82) is 5.26 Å². The molecule has 0 aromatic heterocycles. The summed E-state index contributed by atoms with van der Waals surface area (Å²) in [6, 6.07) is 8.41. The standard InChI is InChI=1S/C14H17F3N2O2/c1-2-19(10-14(15,16)17)8-12(20)9-21-13-6-4-3-5-11(13)7-18/h3-6,12,20H,2,8-10H2,1H3. The molecule has 1 aromatic rings. The second-order valence-corrected chi connectivity index (χ2v) is 4.52. The fourth-order valence-corrected chi connectivity index (χ4v) is 1.78. The van der Waals surface area contributed by atoms with Crippen LogP contribution in [0.3, 0.4) is 0 Å². The van der Waals surface area contributed by atoms with E-state index in [1.54, 1.807) is 31.2 Å². The predicted octanol–water partition coefficient (Wildman–Crippen LogP) is 2.18. The van der Waals surface area contributed by atoms with Gasteiger partial charge in [-0.3, -0.25) is 4.90 Å². The van der Waals surface area contributed by atoms with Crippen molar-refractivity contribution in [2.24, 2.45) is 0 Å². The molecule has 0 amide bonds. The van der Waals surface area contributed by atoms with Gasteiger partial charge in [0.05, 0.1) is 12.1 Å². The van der Waals surface area contributed by atoms with Gasteiger partial charge < -0.3 is 9.84 Å². The number of nitrogens with zero attached hydrogens (tertiary/aromatic N) is 2. The van der Waals surface area contributed by atoms with Crippen molar-refractivity contribution in [3.8, 4) is 11.8 Å². The minimum Gasteiger partial charge on any atom is -0.489 e. The van der Waals surface area contributed by atoms with Gasteiger partial charge in [0.2, 0.25) is 0 Å². The fraction of sp³-hybridized carbons (Fsp3) is 0.500. The van der Waals surface area contributed by atoms with Crippen molar-refractivity contribution in [3.63, 3.8) is 0 Å². The largest absolute Gasteiger partial charge is 0.489 e. The number of likely N-dealkylation sites (N-methyl/N-ethyl adjacent to an activating group) is 1. The zero-order valence-electron chi connectivity index (χ0n) is 11.6. The second-order valence-electron chi connectivity index (χ2n) is 4.52. The van der Waals surface area contributed by atoms with Gasteiger partial charge in [-0.2, -0.15) is 18.4 Å². The van der Waals surface area contributed by atoms with Crippen LogP contribution in [0.15, 0.2) is 24.3 Å². The summed E-state index contributed by atoms with van der Waals surface area (Å²) in [5.41, 5.74) is 0.312. The molecule has 1 aromatic carbocycles. The fourth-order valence-electron chi connectivity index (χ4n) is 1.78. The lowest BCUT2D eigenvalue weighted by molar-refractivity contribution is -0.148. The Bertz CT molecular complexity index is 486. The topological polar surface area (TPSA) is 56.5 Å². The Morgan fingerprint density at radius 2 is 2.05 bits per heavy atom. The van der Waals surface area contributed by atoms with Crippen molar-refractivity contribution < 1.29 is 23.0 Å². The van der Waals surface area contributed by atoms with Crippen LogP contribution in [-0.4, -0.2) is 48.5 Å². The van der Waals surface area contributed by atoms with Crippen LogP contribution < -0.4 is 4.74 Å². The summed E-state index contributed by atoms with van der Waals surface area (Å²) in [6.45, 7) is 0.364. The van der Waals surface area contributed by atoms with E-state index in [-0.39, 0.29) is 19.7 Å². The van der Waals surface area contributed by atoms with Crippen molar-refractivity contribution in [2.45, 2.75) is 19.2 Å². The molecule has 0 aliphatic rings. The van der Waals surface area contributed by atoms with E-state index in [4.69, 9.17) is 10.00 Å². The maximum absolute atomic E-state index is 12.3. The van der Waals surface area contributed by atoms with E-state index in [0.29, 0.717) is 11.3 Å². The van der Waals surface area contributed by atoms with Crippen LogP contribution in [0.5, 0.6) is 5.75 Å². The lowest BCUT2D eigenvalue weighted by atomic mass is 10.2. The van der Waals surface area contributed by atoms with Gasteiger partial charge >= 0.3 is 6.18 Å². The maximum Gasteiger partial charge on any atom is 0.401 e. The quantitative estimate of drug-likeness (QED) is 0.839. The molecule has 0 saturated carbocycles. The molecule has 0 aliphatic carbocycles. The molecule has 1 rings (SSSR count). The number of hydrogen-bond acceptors (Lipinski definition) is 4. The van der Waals surface area contributed by atoms with Gasteiger partial charge in [-0.1, -0.05) is 19.1 Å². The number of ether oxygens (including phenoxy) is 1. The number of benzene rings is 1. The normalized spacial score (nSPS) is 13.0. The van der Waals surface area contributed by atoms with Crippen molar-refractivity contribution >= 4 is 0 Å². The first-order valence-corrected chi connectivity index (χ1v) is 6.44. The summed E-state index contributed by atoms with van der Waals surface area (Å²) in [4.78, 5) is 1.09. The maximum atomic E-state index is 12.3. The Kier molecular flexibility index (Phi) is 6.46. The summed E-state index contributed by atoms with van der Waals surface area (Å²) in [6.07, 6.45) is -5.37. The molecule has 1 N–H and O–H groups in total. The van der Waals surface area contributed by atoms with Gasteiger partial charge in [0.25, 0.3) is 0 Å². The molecular weight excluding hydrogens is 285 g/mol. The number of nitriles is 1. The smallest absolute Gasteiger partial charge is 0.401 e. The van der Waals surface area contributed by atoms with E-state index < -0.39 is 18.8 Å². The van der Waals surface area contributed by atoms with Crippen LogP contribution in [0, 0.1) is 11.3 Å². The molecule has 21 heavy (non-hydrogen) atoms. The van der Waals surface area contributed by atoms with Gasteiger partial charge in [-0.25, -0.2) is 0 Å². The number of aliphatic hydroxyl groups is 1. The van der Waals surface area contributed by atoms with E-state index in [9.17, 15) is 18.3 Å². The van der Waals surface area contributed by atoms with Crippen LogP contribution in [0.25, 0.3) is 0 Å². The zero-order chi connectivity index (χ0) is 15.9. The van der Waals surface area contributed by atoms with Gasteiger partial charge in [-0.15, -0.1) is 0 Å². The monoisotopic (exact) mass is 302 g/mol. The molecule has 0 spiro atoms. The summed E-state index contributed by atoms with van der Waals surface area (Å²) >= 11 is 0. The number of alkyl halides is 3. The van der Waals surface area contributed by atoms with Crippen molar-refractivity contribution in [2.75, 3.05) is 26.2 Å². The third kappa shape index (κ3) is 6.47. The number of para-hydroxylation sites is 1. The van der Waals surface area contributed by atoms with Crippen LogP contribution >= 0.6 is 0 Å². The second kappa shape index (κ2) is 7.86. The molecule has 0 radical (unpaired) electrons. The summed E-state index contributed by atoms with van der Waals surface area (Å²) in [7, 11) is 0. The number of rotatable bonds is 7. The first-order chi connectivity index (χ1) is 9.85. The lowest BCUT2D eigenvalue weighted by Gasteiger charge is -2.24. The van der Waals surface area contributed by atoms with Crippen LogP contribution in [0.4, 0.5) is 13.2 Å². The van der Waals surface area contributed by atoms with Gasteiger partial charge in [-0.05, 0) is 18.7 Å². The molecule has 0 fully saturated rings. The highest BCUT2D eigenvalue weighted by Gasteiger charge is 2.30. The van der Waals surface area contributed by atoms with E-state index in [2.05, 4.69) is 0 Å². The average Bonchev–Trinajstić information content (AvgIpc) is 2.43. The lowest BCUT2D eigenvalue weighted by Crippen LogP contribution is -2.40. The highest BCUT2D eigenvalue weighted by atomic mass is 19.4.